The van der Waals surface area contributed by atoms with Gasteiger partial charge in [-0.15, -0.1) is 11.3 Å². The second-order valence-electron chi connectivity index (χ2n) is 7.82. The minimum atomic E-state index is -0.373. The molecule has 0 saturated heterocycles. The second-order valence-corrected chi connectivity index (χ2v) is 8.95. The van der Waals surface area contributed by atoms with Gasteiger partial charge in [-0.25, -0.2) is 0 Å². The van der Waals surface area contributed by atoms with Crippen molar-refractivity contribution in [2.45, 2.75) is 58.3 Å². The average molecular weight is 375 g/mol. The summed E-state index contributed by atoms with van der Waals surface area (Å²) in [5, 5.41) is 4.39. The molecule has 2 aromatic heterocycles. The second kappa shape index (κ2) is 7.23. The van der Waals surface area contributed by atoms with Crippen LogP contribution in [0.4, 0.5) is 0 Å². The van der Waals surface area contributed by atoms with E-state index in [-0.39, 0.29) is 17.2 Å². The van der Waals surface area contributed by atoms with E-state index in [1.165, 1.54) is 45.7 Å². The zero-order valence-corrected chi connectivity index (χ0v) is 16.6. The Morgan fingerprint density at radius 3 is 2.46 bits per heavy atom. The summed E-state index contributed by atoms with van der Waals surface area (Å²) in [6, 6.07) is 3.73. The van der Waals surface area contributed by atoms with Crippen LogP contribution in [0.15, 0.2) is 12.1 Å². The number of aryl methyl sites for hydroxylation is 3. The Labute approximate surface area is 158 Å². The fraction of sp³-hybridized carbons (Fsp3) is 0.526. The molecule has 0 fully saturated rings. The highest BCUT2D eigenvalue weighted by atomic mass is 32.1. The van der Waals surface area contributed by atoms with Crippen LogP contribution < -0.4 is 10.9 Å². The van der Waals surface area contributed by atoms with Gasteiger partial charge in [0.2, 0.25) is 0 Å². The molecule has 0 aromatic carbocycles. The summed E-state index contributed by atoms with van der Waals surface area (Å²) in [6.45, 7) is 6.12. The van der Waals surface area contributed by atoms with Gasteiger partial charge in [0.15, 0.2) is 0 Å². The number of amides is 2. The molecule has 1 aliphatic carbocycles. The van der Waals surface area contributed by atoms with Crippen LogP contribution in [-0.2, 0) is 25.3 Å². The summed E-state index contributed by atoms with van der Waals surface area (Å²) in [6.07, 6.45) is 5.70. The third-order valence-corrected chi connectivity index (χ3v) is 5.88. The van der Waals surface area contributed by atoms with Crippen molar-refractivity contribution in [1.29, 1.82) is 0 Å². The van der Waals surface area contributed by atoms with Gasteiger partial charge in [0, 0.05) is 17.3 Å². The molecule has 0 atom stereocenters. The van der Waals surface area contributed by atoms with E-state index < -0.39 is 0 Å². The lowest BCUT2D eigenvalue weighted by atomic mass is 9.92. The Morgan fingerprint density at radius 1 is 1.08 bits per heavy atom. The monoisotopic (exact) mass is 374 g/mol. The van der Waals surface area contributed by atoms with Gasteiger partial charge in [-0.05, 0) is 43.4 Å². The first kappa shape index (κ1) is 18.6. The van der Waals surface area contributed by atoms with Crippen LogP contribution >= 0.6 is 11.3 Å². The molecule has 1 aliphatic rings. The lowest BCUT2D eigenvalue weighted by molar-refractivity contribution is 0.0843. The molecule has 26 heavy (non-hydrogen) atoms. The molecule has 2 heterocycles. The number of nitrogens with zero attached hydrogens (tertiary/aromatic N) is 2. The number of carbonyl (C=O) groups excluding carboxylic acids is 2. The number of aromatic nitrogens is 2. The van der Waals surface area contributed by atoms with Gasteiger partial charge in [-0.1, -0.05) is 27.2 Å². The van der Waals surface area contributed by atoms with E-state index in [1.54, 1.807) is 13.1 Å². The highest BCUT2D eigenvalue weighted by Crippen LogP contribution is 2.28. The lowest BCUT2D eigenvalue weighted by Gasteiger charge is -2.13. The molecule has 0 unspecified atom stereocenters. The van der Waals surface area contributed by atoms with Gasteiger partial charge >= 0.3 is 0 Å². The molecule has 2 N–H and O–H groups in total. The van der Waals surface area contributed by atoms with E-state index in [0.717, 1.165) is 18.5 Å². The minimum absolute atomic E-state index is 0.145. The highest BCUT2D eigenvalue weighted by molar-refractivity contribution is 7.14. The molecule has 7 heteroatoms. The number of thiophene rings is 1. The summed E-state index contributed by atoms with van der Waals surface area (Å²) in [7, 11) is 1.72. The van der Waals surface area contributed by atoms with E-state index >= 15 is 0 Å². The van der Waals surface area contributed by atoms with Crippen molar-refractivity contribution in [2.24, 2.45) is 7.05 Å². The van der Waals surface area contributed by atoms with Crippen molar-refractivity contribution in [2.75, 3.05) is 0 Å². The number of rotatable bonds is 2. The Morgan fingerprint density at radius 2 is 1.77 bits per heavy atom. The maximum atomic E-state index is 12.4. The molecule has 0 aliphatic heterocycles. The minimum Gasteiger partial charge on any atom is -0.266 e. The maximum Gasteiger partial charge on any atom is 0.287 e. The average Bonchev–Trinajstić information content (AvgIpc) is 3.10. The number of fused-ring (bicyclic) bond motifs is 1. The number of hydrazine groups is 1. The van der Waals surface area contributed by atoms with Crippen LogP contribution in [0.3, 0.4) is 0 Å². The third kappa shape index (κ3) is 3.98. The lowest BCUT2D eigenvalue weighted by Crippen LogP contribution is -2.42. The van der Waals surface area contributed by atoms with Crippen LogP contribution in [0.25, 0.3) is 0 Å². The SMILES string of the molecule is Cn1nc(C(C)(C)C)cc1C(=O)NNC(=O)c1cc2c(s1)CCCCC2. The van der Waals surface area contributed by atoms with Crippen LogP contribution in [-0.4, -0.2) is 21.6 Å². The van der Waals surface area contributed by atoms with Crippen LogP contribution in [0, 0.1) is 0 Å². The molecule has 0 saturated carbocycles. The predicted octanol–water partition coefficient (Wildman–Crippen LogP) is 3.12. The van der Waals surface area contributed by atoms with Gasteiger partial charge < -0.3 is 0 Å². The van der Waals surface area contributed by atoms with Gasteiger partial charge in [0.1, 0.15) is 5.69 Å². The Bertz CT molecular complexity index is 806. The standard InChI is InChI=1S/C19H26N4O2S/c1-19(2,3)16-11-13(23(4)22-16)17(24)20-21-18(25)15-10-12-8-6-5-7-9-14(12)26-15/h10-11H,5-9H2,1-4H3,(H,20,24)(H,21,25). The van der Waals surface area contributed by atoms with E-state index in [1.807, 2.05) is 26.8 Å². The van der Waals surface area contributed by atoms with Gasteiger partial charge in [-0.2, -0.15) is 5.10 Å². The highest BCUT2D eigenvalue weighted by Gasteiger charge is 2.22. The molecule has 6 nitrogen and oxygen atoms in total. The number of carbonyl (C=O) groups is 2. The fourth-order valence-electron chi connectivity index (χ4n) is 3.06. The summed E-state index contributed by atoms with van der Waals surface area (Å²) in [5.41, 5.74) is 7.42. The van der Waals surface area contributed by atoms with E-state index in [4.69, 9.17) is 0 Å². The van der Waals surface area contributed by atoms with Gasteiger partial charge in [-0.3, -0.25) is 25.1 Å². The summed E-state index contributed by atoms with van der Waals surface area (Å²) in [5.74, 6) is -0.642. The van der Waals surface area contributed by atoms with E-state index in [9.17, 15) is 9.59 Å². The topological polar surface area (TPSA) is 76.0 Å². The number of hydrogen-bond acceptors (Lipinski definition) is 4. The molecule has 2 amide bonds. The van der Waals surface area contributed by atoms with E-state index in [0.29, 0.717) is 10.6 Å². The first-order valence-electron chi connectivity index (χ1n) is 9.02. The van der Waals surface area contributed by atoms with Crippen LogP contribution in [0.2, 0.25) is 0 Å². The third-order valence-electron chi connectivity index (χ3n) is 4.64. The molecule has 0 spiro atoms. The van der Waals surface area contributed by atoms with Gasteiger partial charge in [0.05, 0.1) is 10.6 Å². The van der Waals surface area contributed by atoms with E-state index in [2.05, 4.69) is 16.0 Å². The smallest absolute Gasteiger partial charge is 0.266 e. The molecular formula is C19H26N4O2S. The summed E-state index contributed by atoms with van der Waals surface area (Å²) >= 11 is 1.53. The molecule has 0 radical (unpaired) electrons. The zero-order chi connectivity index (χ0) is 18.9. The molecule has 2 aromatic rings. The van der Waals surface area contributed by atoms with Crippen LogP contribution in [0.5, 0.6) is 0 Å². The number of hydrogen-bond donors (Lipinski definition) is 2. The van der Waals surface area contributed by atoms with Crippen molar-refractivity contribution >= 4 is 23.2 Å². The molecular weight excluding hydrogens is 348 g/mol. The van der Waals surface area contributed by atoms with Crippen molar-refractivity contribution < 1.29 is 9.59 Å². The van der Waals surface area contributed by atoms with Crippen LogP contribution in [0.1, 0.15) is 76.3 Å². The van der Waals surface area contributed by atoms with Crippen molar-refractivity contribution in [3.63, 3.8) is 0 Å². The fourth-order valence-corrected chi connectivity index (χ4v) is 4.21. The first-order chi connectivity index (χ1) is 12.3. The van der Waals surface area contributed by atoms with Crippen molar-refractivity contribution in [3.8, 4) is 0 Å². The summed E-state index contributed by atoms with van der Waals surface area (Å²) < 4.78 is 1.54. The first-order valence-corrected chi connectivity index (χ1v) is 9.84. The molecule has 0 bridgehead atoms. The number of nitrogens with one attached hydrogen (secondary N) is 2. The van der Waals surface area contributed by atoms with Gasteiger partial charge in [0.25, 0.3) is 11.8 Å². The summed E-state index contributed by atoms with van der Waals surface area (Å²) in [4.78, 5) is 26.8. The normalized spacial score (nSPS) is 14.5. The Hall–Kier alpha value is -2.15. The quantitative estimate of drug-likeness (QED) is 0.626. The van der Waals surface area contributed by atoms with Crippen molar-refractivity contribution in [3.05, 3.63) is 38.8 Å². The molecule has 140 valence electrons. The largest absolute Gasteiger partial charge is 0.287 e. The zero-order valence-electron chi connectivity index (χ0n) is 15.8. The Balaban J connectivity index is 1.64. The maximum absolute atomic E-state index is 12.4. The van der Waals surface area contributed by atoms with Crippen molar-refractivity contribution in [1.82, 2.24) is 20.6 Å². The Kier molecular flexibility index (Phi) is 5.18. The molecule has 3 rings (SSSR count). The predicted molar refractivity (Wildman–Crippen MR) is 102 cm³/mol.